The number of morpholine rings is 1. The number of nitrogens with two attached hydrogens (primary N) is 1. The van der Waals surface area contributed by atoms with Gasteiger partial charge in [-0.25, -0.2) is 4.79 Å². The third kappa shape index (κ3) is 2.80. The molecule has 7 heteroatoms. The summed E-state index contributed by atoms with van der Waals surface area (Å²) in [6.45, 7) is 0.833. The highest BCUT2D eigenvalue weighted by molar-refractivity contribution is 6.31. The maximum Gasteiger partial charge on any atom is 0.328 e. The van der Waals surface area contributed by atoms with Crippen LogP contribution in [0.15, 0.2) is 18.2 Å². The monoisotopic (exact) mass is 284 g/mol. The number of carbonyl (C=O) groups is 2. The number of rotatable bonds is 3. The van der Waals surface area contributed by atoms with E-state index in [2.05, 4.69) is 0 Å². The van der Waals surface area contributed by atoms with Gasteiger partial charge in [-0.05, 0) is 18.2 Å². The van der Waals surface area contributed by atoms with Crippen molar-refractivity contribution in [1.82, 2.24) is 0 Å². The average Bonchev–Trinajstić information content (AvgIpc) is 2.38. The Kier molecular flexibility index (Phi) is 3.92. The summed E-state index contributed by atoms with van der Waals surface area (Å²) in [7, 11) is 0. The summed E-state index contributed by atoms with van der Waals surface area (Å²) >= 11 is 5.83. The average molecular weight is 285 g/mol. The van der Waals surface area contributed by atoms with Crippen molar-refractivity contribution in [1.29, 1.82) is 0 Å². The van der Waals surface area contributed by atoms with Gasteiger partial charge < -0.3 is 20.5 Å². The van der Waals surface area contributed by atoms with Crippen molar-refractivity contribution in [3.63, 3.8) is 0 Å². The zero-order valence-electron chi connectivity index (χ0n) is 10.0. The van der Waals surface area contributed by atoms with Crippen LogP contribution >= 0.6 is 11.6 Å². The van der Waals surface area contributed by atoms with Gasteiger partial charge in [0, 0.05) is 11.6 Å². The Morgan fingerprint density at radius 2 is 2.21 bits per heavy atom. The number of carboxylic acids is 1. The Morgan fingerprint density at radius 3 is 2.84 bits per heavy atom. The Morgan fingerprint density at radius 1 is 1.47 bits per heavy atom. The third-order valence-corrected chi connectivity index (χ3v) is 3.18. The summed E-state index contributed by atoms with van der Waals surface area (Å²) in [6.07, 6.45) is 0. The SMILES string of the molecule is NC(=O)c1cc(Cl)ccc1N1CCOCC1C(=O)O. The number of carbonyl (C=O) groups excluding carboxylic acids is 1. The molecule has 0 spiro atoms. The van der Waals surface area contributed by atoms with Gasteiger partial charge in [-0.15, -0.1) is 0 Å². The van der Waals surface area contributed by atoms with Crippen molar-refractivity contribution in [2.24, 2.45) is 5.73 Å². The first-order valence-corrected chi connectivity index (χ1v) is 6.05. The number of hydrogen-bond acceptors (Lipinski definition) is 4. The molecule has 0 radical (unpaired) electrons. The van der Waals surface area contributed by atoms with E-state index in [4.69, 9.17) is 22.1 Å². The summed E-state index contributed by atoms with van der Waals surface area (Å²) < 4.78 is 5.15. The molecule has 1 heterocycles. The van der Waals surface area contributed by atoms with Gasteiger partial charge in [0.05, 0.1) is 24.5 Å². The second-order valence-corrected chi connectivity index (χ2v) is 4.58. The van der Waals surface area contributed by atoms with Gasteiger partial charge in [-0.1, -0.05) is 11.6 Å². The molecule has 2 rings (SSSR count). The summed E-state index contributed by atoms with van der Waals surface area (Å²) in [5, 5.41) is 9.56. The van der Waals surface area contributed by atoms with Crippen LogP contribution in [0.5, 0.6) is 0 Å². The van der Waals surface area contributed by atoms with Crippen LogP contribution in [-0.4, -0.2) is 42.8 Å². The van der Waals surface area contributed by atoms with Gasteiger partial charge >= 0.3 is 5.97 Å². The van der Waals surface area contributed by atoms with Gasteiger partial charge in [0.1, 0.15) is 0 Å². The Hall–Kier alpha value is -1.79. The maximum atomic E-state index is 11.5. The molecule has 1 fully saturated rings. The highest BCUT2D eigenvalue weighted by atomic mass is 35.5. The van der Waals surface area contributed by atoms with Crippen LogP contribution in [0.25, 0.3) is 0 Å². The molecule has 0 bridgehead atoms. The van der Waals surface area contributed by atoms with Crippen LogP contribution < -0.4 is 10.6 Å². The minimum absolute atomic E-state index is 0.0656. The van der Waals surface area contributed by atoms with E-state index in [1.165, 1.54) is 6.07 Å². The van der Waals surface area contributed by atoms with Crippen molar-refractivity contribution >= 4 is 29.2 Å². The number of nitrogens with zero attached hydrogens (tertiary/aromatic N) is 1. The lowest BCUT2D eigenvalue weighted by Gasteiger charge is -2.35. The summed E-state index contributed by atoms with van der Waals surface area (Å²) in [5.74, 6) is -1.65. The maximum absolute atomic E-state index is 11.5. The molecule has 1 atom stereocenters. The summed E-state index contributed by atoms with van der Waals surface area (Å²) in [5.41, 5.74) is 5.98. The molecule has 0 saturated carbocycles. The number of aliphatic carboxylic acids is 1. The van der Waals surface area contributed by atoms with E-state index in [1.807, 2.05) is 0 Å². The van der Waals surface area contributed by atoms with E-state index in [0.29, 0.717) is 23.9 Å². The number of hydrogen-bond donors (Lipinski definition) is 2. The fourth-order valence-electron chi connectivity index (χ4n) is 2.05. The smallest absolute Gasteiger partial charge is 0.328 e. The van der Waals surface area contributed by atoms with Crippen molar-refractivity contribution in [2.75, 3.05) is 24.7 Å². The van der Waals surface area contributed by atoms with Crippen LogP contribution in [0.4, 0.5) is 5.69 Å². The van der Waals surface area contributed by atoms with Gasteiger partial charge in [0.15, 0.2) is 6.04 Å². The predicted octanol–water partition coefficient (Wildman–Crippen LogP) is 0.729. The number of amides is 1. The molecule has 1 aromatic rings. The fourth-order valence-corrected chi connectivity index (χ4v) is 2.22. The largest absolute Gasteiger partial charge is 0.480 e. The molecule has 1 saturated heterocycles. The van der Waals surface area contributed by atoms with Crippen LogP contribution in [0.2, 0.25) is 5.02 Å². The first kappa shape index (κ1) is 13.6. The molecule has 6 nitrogen and oxygen atoms in total. The van der Waals surface area contributed by atoms with E-state index in [9.17, 15) is 14.7 Å². The third-order valence-electron chi connectivity index (χ3n) is 2.95. The van der Waals surface area contributed by atoms with E-state index < -0.39 is 17.9 Å². The van der Waals surface area contributed by atoms with Crippen molar-refractivity contribution in [3.8, 4) is 0 Å². The first-order chi connectivity index (χ1) is 9.00. The molecule has 19 heavy (non-hydrogen) atoms. The molecule has 1 aliphatic heterocycles. The molecule has 0 aliphatic carbocycles. The normalized spacial score (nSPS) is 19.2. The van der Waals surface area contributed by atoms with Gasteiger partial charge in [-0.2, -0.15) is 0 Å². The van der Waals surface area contributed by atoms with Crippen LogP contribution in [-0.2, 0) is 9.53 Å². The minimum Gasteiger partial charge on any atom is -0.480 e. The minimum atomic E-state index is -1.01. The van der Waals surface area contributed by atoms with Crippen molar-refractivity contribution < 1.29 is 19.4 Å². The number of halogens is 1. The zero-order chi connectivity index (χ0) is 14.0. The Bertz CT molecular complexity index is 520. The van der Waals surface area contributed by atoms with Crippen molar-refractivity contribution in [3.05, 3.63) is 28.8 Å². The van der Waals surface area contributed by atoms with Gasteiger partial charge in [0.25, 0.3) is 5.91 Å². The molecule has 1 aromatic carbocycles. The topological polar surface area (TPSA) is 92.9 Å². The molecule has 1 amide bonds. The van der Waals surface area contributed by atoms with Crippen LogP contribution in [0.1, 0.15) is 10.4 Å². The quantitative estimate of drug-likeness (QED) is 0.853. The number of primary amides is 1. The molecule has 0 aromatic heterocycles. The number of benzene rings is 1. The fraction of sp³-hybridized carbons (Fsp3) is 0.333. The van der Waals surface area contributed by atoms with E-state index >= 15 is 0 Å². The second-order valence-electron chi connectivity index (χ2n) is 4.15. The molecule has 1 unspecified atom stereocenters. The molecule has 102 valence electrons. The number of carboxylic acid groups (broad SMARTS) is 1. The first-order valence-electron chi connectivity index (χ1n) is 5.67. The molecule has 3 N–H and O–H groups in total. The molecular formula is C12H13ClN2O4. The zero-order valence-corrected chi connectivity index (χ0v) is 10.8. The number of ether oxygens (including phenoxy) is 1. The highest BCUT2D eigenvalue weighted by Gasteiger charge is 2.31. The Labute approximate surface area is 114 Å². The van der Waals surface area contributed by atoms with E-state index in [-0.39, 0.29) is 12.2 Å². The van der Waals surface area contributed by atoms with Gasteiger partial charge in [-0.3, -0.25) is 4.79 Å². The number of anilines is 1. The van der Waals surface area contributed by atoms with Crippen LogP contribution in [0, 0.1) is 0 Å². The molecule has 1 aliphatic rings. The summed E-state index contributed by atoms with van der Waals surface area (Å²) in [4.78, 5) is 24.3. The van der Waals surface area contributed by atoms with Crippen LogP contribution in [0.3, 0.4) is 0 Å². The predicted molar refractivity (Wildman–Crippen MR) is 69.6 cm³/mol. The van der Waals surface area contributed by atoms with Crippen molar-refractivity contribution in [2.45, 2.75) is 6.04 Å². The van der Waals surface area contributed by atoms with E-state index in [0.717, 1.165) is 0 Å². The molecular weight excluding hydrogens is 272 g/mol. The lowest BCUT2D eigenvalue weighted by atomic mass is 10.1. The highest BCUT2D eigenvalue weighted by Crippen LogP contribution is 2.27. The lowest BCUT2D eigenvalue weighted by molar-refractivity contribution is -0.141. The lowest BCUT2D eigenvalue weighted by Crippen LogP contribution is -2.50. The Balaban J connectivity index is 2.44. The summed E-state index contributed by atoms with van der Waals surface area (Å²) in [6, 6.07) is 3.79. The second kappa shape index (κ2) is 5.46. The standard InChI is InChI=1S/C12H13ClN2O4/c13-7-1-2-9(8(5-7)11(14)16)15-3-4-19-6-10(15)12(17)18/h1-2,5,10H,3-4,6H2,(H2,14,16)(H,17,18). The van der Waals surface area contributed by atoms with Gasteiger partial charge in [0.2, 0.25) is 0 Å². The van der Waals surface area contributed by atoms with E-state index in [1.54, 1.807) is 17.0 Å².